The fourth-order valence-corrected chi connectivity index (χ4v) is 0.542. The van der Waals surface area contributed by atoms with Gasteiger partial charge in [-0.3, -0.25) is 4.79 Å². The number of carbonyl (C=O) groups excluding carboxylic acids is 1. The molecule has 1 aromatic heterocycles. The first-order valence-corrected chi connectivity index (χ1v) is 2.43. The Bertz CT molecular complexity index is 260. The highest BCUT2D eigenvalue weighted by molar-refractivity contribution is 5.96. The molecule has 0 aliphatic heterocycles. The third kappa shape index (κ3) is 0.907. The lowest BCUT2D eigenvalue weighted by Crippen LogP contribution is -1.97. The van der Waals surface area contributed by atoms with Crippen LogP contribution in [0.1, 0.15) is 15.9 Å². The van der Waals surface area contributed by atoms with E-state index in [-0.39, 0.29) is 11.1 Å². The largest absolute Gasteiger partial charge is 0.478 e. The molecule has 1 N–H and O–H groups in total. The highest BCUT2D eigenvalue weighted by atomic mass is 16.4. The van der Waals surface area contributed by atoms with Crippen LogP contribution in [-0.2, 0) is 4.79 Å². The molecule has 4 heteroatoms. The first-order chi connectivity index (χ1) is 4.75. The molecule has 10 heavy (non-hydrogen) atoms. The maximum absolute atomic E-state index is 10.2. The summed E-state index contributed by atoms with van der Waals surface area (Å²) in [5.41, 5.74) is -0.220. The summed E-state index contributed by atoms with van der Waals surface area (Å²) in [6.07, 6.45) is 3.46. The number of hydrogen-bond donors (Lipinski definition) is 1. The second kappa shape index (κ2) is 2.34. The van der Waals surface area contributed by atoms with Gasteiger partial charge in [0.05, 0.1) is 5.56 Å². The number of carbonyl (C=O) groups is 1. The van der Waals surface area contributed by atoms with E-state index in [0.29, 0.717) is 0 Å². The Hall–Kier alpha value is -1.58. The molecule has 0 aromatic carbocycles. The predicted octanol–water partition coefficient (Wildman–Crippen LogP) is 0.436. The van der Waals surface area contributed by atoms with Crippen molar-refractivity contribution in [2.45, 2.75) is 0 Å². The van der Waals surface area contributed by atoms with Crippen LogP contribution in [0.2, 0.25) is 0 Å². The summed E-state index contributed by atoms with van der Waals surface area (Å²) in [7, 11) is 0. The van der Waals surface area contributed by atoms with E-state index in [1.807, 2.05) is 0 Å². The number of rotatable bonds is 2. The third-order valence-corrected chi connectivity index (χ3v) is 1.00. The summed E-state index contributed by atoms with van der Waals surface area (Å²) in [5, 5.41) is 8.35. The Morgan fingerprint density at radius 3 is 2.70 bits per heavy atom. The monoisotopic (exact) mass is 139 g/mol. The van der Waals surface area contributed by atoms with Gasteiger partial charge in [0.2, 0.25) is 6.29 Å². The zero-order chi connectivity index (χ0) is 7.56. The van der Waals surface area contributed by atoms with Crippen LogP contribution in [0, 0.1) is 0 Å². The molecule has 4 nitrogen and oxygen atoms in total. The Balaban J connectivity index is 3.13. The molecule has 0 saturated carbocycles. The summed E-state index contributed by atoms with van der Waals surface area (Å²) in [4.78, 5) is 20.1. The van der Waals surface area contributed by atoms with Gasteiger partial charge in [-0.1, -0.05) is 0 Å². The van der Waals surface area contributed by atoms with E-state index in [4.69, 9.17) is 5.11 Å². The summed E-state index contributed by atoms with van der Waals surface area (Å²) in [6.45, 7) is 0. The normalized spacial score (nSPS) is 9.20. The highest BCUT2D eigenvalue weighted by Crippen LogP contribution is 2.06. The van der Waals surface area contributed by atoms with Crippen molar-refractivity contribution in [1.29, 1.82) is 0 Å². The molecule has 51 valence electrons. The molecular weight excluding hydrogens is 136 g/mol. The molecule has 1 radical (unpaired) electrons. The Morgan fingerprint density at radius 1 is 1.60 bits per heavy atom. The van der Waals surface area contributed by atoms with E-state index in [1.54, 1.807) is 0 Å². The molecule has 0 unspecified atom stereocenters. The predicted molar refractivity (Wildman–Crippen MR) is 30.5 cm³/mol. The van der Waals surface area contributed by atoms with Gasteiger partial charge in [-0.2, -0.15) is 0 Å². The smallest absolute Gasteiger partial charge is 0.339 e. The van der Waals surface area contributed by atoms with Crippen molar-refractivity contribution in [1.82, 2.24) is 0 Å². The van der Waals surface area contributed by atoms with Gasteiger partial charge < -0.3 is 9.52 Å². The molecule has 0 aliphatic rings. The maximum atomic E-state index is 10.2. The molecule has 0 aliphatic carbocycles. The molecule has 0 amide bonds. The zero-order valence-electron chi connectivity index (χ0n) is 4.83. The highest BCUT2D eigenvalue weighted by Gasteiger charge is 2.11. The van der Waals surface area contributed by atoms with E-state index >= 15 is 0 Å². The Labute approximate surface area is 56.1 Å². The lowest BCUT2D eigenvalue weighted by molar-refractivity contribution is 0.0696. The van der Waals surface area contributed by atoms with Gasteiger partial charge in [-0.25, -0.2) is 4.79 Å². The van der Waals surface area contributed by atoms with Crippen molar-refractivity contribution in [3.05, 3.63) is 23.7 Å². The molecule has 0 atom stereocenters. The summed E-state index contributed by atoms with van der Waals surface area (Å²) >= 11 is 0. The topological polar surface area (TPSA) is 67.5 Å². The van der Waals surface area contributed by atoms with Gasteiger partial charge in [-0.05, 0) is 0 Å². The van der Waals surface area contributed by atoms with E-state index in [1.165, 1.54) is 6.29 Å². The van der Waals surface area contributed by atoms with Crippen molar-refractivity contribution in [3.63, 3.8) is 0 Å². The van der Waals surface area contributed by atoms with Crippen LogP contribution in [-0.4, -0.2) is 17.4 Å². The van der Waals surface area contributed by atoms with Crippen molar-refractivity contribution < 1.29 is 19.1 Å². The summed E-state index contributed by atoms with van der Waals surface area (Å²) in [5.74, 6) is -1.19. The fourth-order valence-electron chi connectivity index (χ4n) is 0.542. The first kappa shape index (κ1) is 6.54. The van der Waals surface area contributed by atoms with E-state index in [2.05, 4.69) is 4.42 Å². The molecular formula is C6H3O4. The second-order valence-corrected chi connectivity index (χ2v) is 1.61. The van der Waals surface area contributed by atoms with Crippen LogP contribution in [0.3, 0.4) is 0 Å². The zero-order valence-corrected chi connectivity index (χ0v) is 4.83. The standard InChI is InChI=1S/C6H3O4/c7-1-4-2-10-3-5(4)6(8)9/h2-3H,(H,8,9). The quantitative estimate of drug-likeness (QED) is 0.645. The Morgan fingerprint density at radius 2 is 2.30 bits per heavy atom. The lowest BCUT2D eigenvalue weighted by Gasteiger charge is -1.82. The average Bonchev–Trinajstić information content (AvgIpc) is 2.33. The fraction of sp³-hybridized carbons (Fsp3) is 0. The number of hydrogen-bond acceptors (Lipinski definition) is 3. The minimum absolute atomic E-state index is 0.0625. The van der Waals surface area contributed by atoms with Gasteiger partial charge in [0.25, 0.3) is 0 Å². The average molecular weight is 139 g/mol. The minimum Gasteiger partial charge on any atom is -0.478 e. The summed E-state index contributed by atoms with van der Waals surface area (Å²) in [6, 6.07) is 0. The SMILES string of the molecule is O=[C]c1cocc1C(=O)O. The van der Waals surface area contributed by atoms with Gasteiger partial charge >= 0.3 is 5.97 Å². The molecule has 1 heterocycles. The van der Waals surface area contributed by atoms with Gasteiger partial charge in [0.15, 0.2) is 0 Å². The number of carboxylic acid groups (broad SMARTS) is 1. The van der Waals surface area contributed by atoms with Crippen molar-refractivity contribution in [2.75, 3.05) is 0 Å². The Kier molecular flexibility index (Phi) is 1.53. The molecule has 0 saturated heterocycles. The van der Waals surface area contributed by atoms with Crippen molar-refractivity contribution in [2.24, 2.45) is 0 Å². The van der Waals surface area contributed by atoms with E-state index < -0.39 is 5.97 Å². The van der Waals surface area contributed by atoms with E-state index in [9.17, 15) is 9.59 Å². The minimum atomic E-state index is -1.19. The summed E-state index contributed by atoms with van der Waals surface area (Å²) < 4.78 is 4.45. The first-order valence-electron chi connectivity index (χ1n) is 2.43. The van der Waals surface area contributed by atoms with Gasteiger partial charge in [0, 0.05) is 0 Å². The second-order valence-electron chi connectivity index (χ2n) is 1.61. The van der Waals surface area contributed by atoms with Gasteiger partial charge in [-0.15, -0.1) is 0 Å². The molecule has 0 spiro atoms. The van der Waals surface area contributed by atoms with Gasteiger partial charge in [0.1, 0.15) is 18.1 Å². The number of carboxylic acids is 1. The van der Waals surface area contributed by atoms with Crippen LogP contribution in [0.4, 0.5) is 0 Å². The number of aromatic carboxylic acids is 1. The third-order valence-electron chi connectivity index (χ3n) is 1.00. The van der Waals surface area contributed by atoms with Crippen LogP contribution in [0.5, 0.6) is 0 Å². The van der Waals surface area contributed by atoms with Crippen LogP contribution < -0.4 is 0 Å². The lowest BCUT2D eigenvalue weighted by atomic mass is 10.2. The van der Waals surface area contributed by atoms with Crippen molar-refractivity contribution >= 4 is 12.3 Å². The maximum Gasteiger partial charge on any atom is 0.339 e. The van der Waals surface area contributed by atoms with Crippen LogP contribution in [0.15, 0.2) is 16.9 Å². The number of furan rings is 1. The molecule has 0 bridgehead atoms. The van der Waals surface area contributed by atoms with Crippen LogP contribution >= 0.6 is 0 Å². The molecule has 1 aromatic rings. The van der Waals surface area contributed by atoms with E-state index in [0.717, 1.165) is 12.5 Å². The molecule has 1 rings (SSSR count). The molecule has 0 fully saturated rings. The van der Waals surface area contributed by atoms with Crippen LogP contribution in [0.25, 0.3) is 0 Å². The van der Waals surface area contributed by atoms with Crippen molar-refractivity contribution in [3.8, 4) is 0 Å².